The van der Waals surface area contributed by atoms with E-state index in [2.05, 4.69) is 13.8 Å². The van der Waals surface area contributed by atoms with Crippen molar-refractivity contribution in [3.63, 3.8) is 0 Å². The van der Waals surface area contributed by atoms with Crippen LogP contribution in [-0.4, -0.2) is 23.3 Å². The molecule has 1 aliphatic heterocycles. The topological polar surface area (TPSA) is 37.4 Å². The van der Waals surface area contributed by atoms with Crippen molar-refractivity contribution in [3.8, 4) is 0 Å². The van der Waals surface area contributed by atoms with E-state index < -0.39 is 0 Å². The van der Waals surface area contributed by atoms with Crippen LogP contribution in [0.25, 0.3) is 0 Å². The summed E-state index contributed by atoms with van der Waals surface area (Å²) in [5.41, 5.74) is 0.0285. The maximum atomic E-state index is 12.2. The Kier molecular flexibility index (Phi) is 4.08. The van der Waals surface area contributed by atoms with Crippen LogP contribution < -0.4 is 0 Å². The molecule has 0 radical (unpaired) electrons. The van der Waals surface area contributed by atoms with Crippen LogP contribution in [0.15, 0.2) is 0 Å². The average Bonchev–Trinajstić information content (AvgIpc) is 2.28. The van der Waals surface area contributed by atoms with Gasteiger partial charge in [-0.1, -0.05) is 33.1 Å². The summed E-state index contributed by atoms with van der Waals surface area (Å²) in [4.78, 5) is 25.9. The molecule has 1 spiro atoms. The Labute approximate surface area is 110 Å². The fourth-order valence-corrected chi connectivity index (χ4v) is 3.33. The lowest BCUT2D eigenvalue weighted by Crippen LogP contribution is -2.49. The molecule has 0 aromatic carbocycles. The molecule has 0 aromatic rings. The molecule has 2 amide bonds. The Hall–Kier alpha value is -0.860. The lowest BCUT2D eigenvalue weighted by molar-refractivity contribution is -0.154. The van der Waals surface area contributed by atoms with E-state index in [1.165, 1.54) is 24.2 Å². The van der Waals surface area contributed by atoms with Crippen molar-refractivity contribution < 1.29 is 9.59 Å². The highest BCUT2D eigenvalue weighted by Crippen LogP contribution is 2.45. The summed E-state index contributed by atoms with van der Waals surface area (Å²) in [6.45, 7) is 4.87. The minimum atomic E-state index is 0.0285. The van der Waals surface area contributed by atoms with Gasteiger partial charge in [0.15, 0.2) is 0 Å². The lowest BCUT2D eigenvalue weighted by atomic mass is 9.67. The monoisotopic (exact) mass is 251 g/mol. The van der Waals surface area contributed by atoms with Gasteiger partial charge in [0, 0.05) is 19.4 Å². The van der Waals surface area contributed by atoms with Gasteiger partial charge in [-0.15, -0.1) is 0 Å². The zero-order valence-electron chi connectivity index (χ0n) is 11.7. The van der Waals surface area contributed by atoms with Crippen molar-refractivity contribution >= 4 is 11.8 Å². The van der Waals surface area contributed by atoms with Gasteiger partial charge < -0.3 is 0 Å². The fraction of sp³-hybridized carbons (Fsp3) is 0.867. The summed E-state index contributed by atoms with van der Waals surface area (Å²) < 4.78 is 0. The molecular weight excluding hydrogens is 226 g/mol. The Morgan fingerprint density at radius 2 is 1.61 bits per heavy atom. The largest absolute Gasteiger partial charge is 0.283 e. The molecule has 1 aliphatic carbocycles. The average molecular weight is 251 g/mol. The lowest BCUT2D eigenvalue weighted by Gasteiger charge is -2.42. The summed E-state index contributed by atoms with van der Waals surface area (Å²) in [5.74, 6) is 0.693. The zero-order chi connectivity index (χ0) is 13.2. The van der Waals surface area contributed by atoms with Gasteiger partial charge in [-0.2, -0.15) is 0 Å². The van der Waals surface area contributed by atoms with Crippen molar-refractivity contribution in [3.05, 3.63) is 0 Å². The molecule has 0 aromatic heterocycles. The molecule has 0 unspecified atom stereocenters. The molecule has 0 bridgehead atoms. The molecule has 18 heavy (non-hydrogen) atoms. The second kappa shape index (κ2) is 5.41. The van der Waals surface area contributed by atoms with Gasteiger partial charge in [-0.3, -0.25) is 14.5 Å². The zero-order valence-corrected chi connectivity index (χ0v) is 11.7. The second-order valence-corrected chi connectivity index (χ2v) is 6.54. The van der Waals surface area contributed by atoms with E-state index in [1.807, 2.05) is 0 Å². The van der Waals surface area contributed by atoms with E-state index in [0.717, 1.165) is 19.3 Å². The Morgan fingerprint density at radius 3 is 2.11 bits per heavy atom. The van der Waals surface area contributed by atoms with E-state index in [0.29, 0.717) is 25.3 Å². The van der Waals surface area contributed by atoms with Crippen molar-refractivity contribution in [1.29, 1.82) is 0 Å². The molecule has 1 saturated carbocycles. The number of imide groups is 1. The van der Waals surface area contributed by atoms with Crippen LogP contribution >= 0.6 is 0 Å². The van der Waals surface area contributed by atoms with Crippen LogP contribution in [0.4, 0.5) is 0 Å². The Balaban J connectivity index is 1.99. The minimum Gasteiger partial charge on any atom is -0.283 e. The summed E-state index contributed by atoms with van der Waals surface area (Å²) >= 11 is 0. The molecule has 2 fully saturated rings. The van der Waals surface area contributed by atoms with E-state index in [-0.39, 0.29) is 17.2 Å². The highest BCUT2D eigenvalue weighted by molar-refractivity contribution is 5.98. The van der Waals surface area contributed by atoms with Gasteiger partial charge in [-0.05, 0) is 30.6 Å². The smallest absolute Gasteiger partial charge is 0.229 e. The van der Waals surface area contributed by atoms with Gasteiger partial charge >= 0.3 is 0 Å². The highest BCUT2D eigenvalue weighted by atomic mass is 16.2. The SMILES string of the molecule is CC(C)CCN1C(=O)CC2(CCCCC2)CC1=O. The van der Waals surface area contributed by atoms with Crippen molar-refractivity contribution in [1.82, 2.24) is 4.90 Å². The quantitative estimate of drug-likeness (QED) is 0.723. The van der Waals surface area contributed by atoms with Crippen LogP contribution in [0.5, 0.6) is 0 Å². The molecule has 3 heteroatoms. The second-order valence-electron chi connectivity index (χ2n) is 6.54. The predicted molar refractivity (Wildman–Crippen MR) is 70.9 cm³/mol. The summed E-state index contributed by atoms with van der Waals surface area (Å²) in [6, 6.07) is 0. The number of carbonyl (C=O) groups excluding carboxylic acids is 2. The third-order valence-electron chi connectivity index (χ3n) is 4.50. The number of rotatable bonds is 3. The van der Waals surface area contributed by atoms with Crippen LogP contribution in [-0.2, 0) is 9.59 Å². The molecule has 0 atom stereocenters. The third kappa shape index (κ3) is 2.93. The van der Waals surface area contributed by atoms with E-state index in [4.69, 9.17) is 0 Å². The van der Waals surface area contributed by atoms with Gasteiger partial charge in [0.1, 0.15) is 0 Å². The highest BCUT2D eigenvalue weighted by Gasteiger charge is 2.43. The van der Waals surface area contributed by atoms with Gasteiger partial charge in [0.05, 0.1) is 0 Å². The Morgan fingerprint density at radius 1 is 1.06 bits per heavy atom. The molecule has 1 saturated heterocycles. The first kappa shape index (κ1) is 13.6. The number of hydrogen-bond acceptors (Lipinski definition) is 2. The summed E-state index contributed by atoms with van der Waals surface area (Å²) in [7, 11) is 0. The van der Waals surface area contributed by atoms with Crippen molar-refractivity contribution in [2.45, 2.75) is 65.2 Å². The minimum absolute atomic E-state index is 0.0285. The van der Waals surface area contributed by atoms with Crippen LogP contribution in [0.2, 0.25) is 0 Å². The summed E-state index contributed by atoms with van der Waals surface area (Å²) in [6.07, 6.45) is 7.92. The van der Waals surface area contributed by atoms with Gasteiger partial charge in [-0.25, -0.2) is 0 Å². The van der Waals surface area contributed by atoms with Crippen LogP contribution in [0.3, 0.4) is 0 Å². The van der Waals surface area contributed by atoms with Crippen LogP contribution in [0.1, 0.15) is 65.2 Å². The molecular formula is C15H25NO2. The predicted octanol–water partition coefficient (Wildman–Crippen LogP) is 3.13. The number of likely N-dealkylation sites (tertiary alicyclic amines) is 1. The number of amides is 2. The standard InChI is InChI=1S/C15H25NO2/c1-12(2)6-9-16-13(17)10-15(11-14(16)18)7-4-3-5-8-15/h12H,3-11H2,1-2H3. The molecule has 0 N–H and O–H groups in total. The number of carbonyl (C=O) groups is 2. The van der Waals surface area contributed by atoms with Gasteiger partial charge in [0.2, 0.25) is 11.8 Å². The van der Waals surface area contributed by atoms with E-state index in [1.54, 1.807) is 0 Å². The maximum absolute atomic E-state index is 12.2. The number of nitrogens with zero attached hydrogens (tertiary/aromatic N) is 1. The first-order valence-corrected chi connectivity index (χ1v) is 7.36. The summed E-state index contributed by atoms with van der Waals surface area (Å²) in [5, 5.41) is 0. The number of hydrogen-bond donors (Lipinski definition) is 0. The number of piperidine rings is 1. The molecule has 102 valence electrons. The van der Waals surface area contributed by atoms with Gasteiger partial charge in [0.25, 0.3) is 0 Å². The molecule has 2 rings (SSSR count). The Bertz CT molecular complexity index is 309. The first-order valence-electron chi connectivity index (χ1n) is 7.36. The van der Waals surface area contributed by atoms with Crippen LogP contribution in [0, 0.1) is 11.3 Å². The van der Waals surface area contributed by atoms with E-state index in [9.17, 15) is 9.59 Å². The molecule has 3 nitrogen and oxygen atoms in total. The molecule has 1 heterocycles. The van der Waals surface area contributed by atoms with Crippen molar-refractivity contribution in [2.24, 2.45) is 11.3 Å². The maximum Gasteiger partial charge on any atom is 0.229 e. The normalized spacial score (nSPS) is 24.1. The van der Waals surface area contributed by atoms with Crippen molar-refractivity contribution in [2.75, 3.05) is 6.54 Å². The van der Waals surface area contributed by atoms with E-state index >= 15 is 0 Å². The third-order valence-corrected chi connectivity index (χ3v) is 4.50. The molecule has 2 aliphatic rings. The fourth-order valence-electron chi connectivity index (χ4n) is 3.33. The first-order chi connectivity index (χ1) is 8.52.